The second kappa shape index (κ2) is 7.25. The van der Waals surface area contributed by atoms with Crippen LogP contribution < -0.4 is 9.80 Å². The van der Waals surface area contributed by atoms with Crippen LogP contribution in [-0.2, 0) is 11.3 Å². The average molecular weight is 356 g/mol. The lowest BCUT2D eigenvalue weighted by Crippen LogP contribution is -3.09. The van der Waals surface area contributed by atoms with E-state index in [2.05, 4.69) is 0 Å². The van der Waals surface area contributed by atoms with E-state index in [1.54, 1.807) is 19.1 Å². The first-order valence-corrected chi connectivity index (χ1v) is 8.64. The number of nitrogens with one attached hydrogen (secondary N) is 1. The molecule has 0 aliphatic carbocycles. The molecule has 0 radical (unpaired) electrons. The Morgan fingerprint density at radius 1 is 1.04 bits per heavy atom. The topological polar surface area (TPSA) is 45.1 Å². The van der Waals surface area contributed by atoms with Crippen molar-refractivity contribution in [2.45, 2.75) is 26.4 Å². The third-order valence-corrected chi connectivity index (χ3v) is 4.61. The highest BCUT2D eigenvalue weighted by Gasteiger charge is 2.44. The van der Waals surface area contributed by atoms with E-state index in [4.69, 9.17) is 0 Å². The number of carbonyl (C=O) groups is 2. The zero-order chi connectivity index (χ0) is 18.8. The maximum absolute atomic E-state index is 13.0. The predicted molar refractivity (Wildman–Crippen MR) is 97.2 cm³/mol. The minimum Gasteiger partial charge on any atom is -0.316 e. The molecule has 136 valence electrons. The van der Waals surface area contributed by atoms with Crippen LogP contribution in [0.15, 0.2) is 48.5 Å². The predicted octanol–water partition coefficient (Wildman–Crippen LogP) is 1.96. The summed E-state index contributed by atoms with van der Waals surface area (Å²) in [5.41, 5.74) is 2.77. The summed E-state index contributed by atoms with van der Waals surface area (Å²) in [7, 11) is 1.91. The molecule has 26 heavy (non-hydrogen) atoms. The standard InChI is InChI=1S/C20H22FN3O2/c1-14-4-10-18(11-5-14)24-15(2)19(25)23(20(24)26)13-22(3)12-16-6-8-17(21)9-7-16/h4-11,15H,12-13H2,1-3H3/p+1/t15-/m1/s1. The number of nitrogens with zero attached hydrogens (tertiary/aromatic N) is 2. The number of urea groups is 1. The zero-order valence-corrected chi connectivity index (χ0v) is 15.2. The normalized spacial score (nSPS) is 18.5. The summed E-state index contributed by atoms with van der Waals surface area (Å²) < 4.78 is 13.0. The average Bonchev–Trinajstić information content (AvgIpc) is 2.82. The molecule has 1 aliphatic rings. The maximum atomic E-state index is 13.0. The Hall–Kier alpha value is -2.73. The van der Waals surface area contributed by atoms with Crippen LogP contribution in [0.3, 0.4) is 0 Å². The Kier molecular flexibility index (Phi) is 5.04. The zero-order valence-electron chi connectivity index (χ0n) is 15.2. The molecule has 1 fully saturated rings. The minimum atomic E-state index is -0.524. The lowest BCUT2D eigenvalue weighted by molar-refractivity contribution is -0.901. The van der Waals surface area contributed by atoms with Gasteiger partial charge in [-0.1, -0.05) is 29.8 Å². The molecule has 1 N–H and O–H groups in total. The number of imide groups is 1. The number of hydrogen-bond donors (Lipinski definition) is 1. The molecular formula is C20H23FN3O2+. The van der Waals surface area contributed by atoms with Crippen LogP contribution in [-0.4, -0.2) is 36.6 Å². The molecule has 1 saturated heterocycles. The summed E-state index contributed by atoms with van der Waals surface area (Å²) >= 11 is 0. The van der Waals surface area contributed by atoms with Crippen LogP contribution >= 0.6 is 0 Å². The molecule has 6 heteroatoms. The van der Waals surface area contributed by atoms with E-state index >= 15 is 0 Å². The fraction of sp³-hybridized carbons (Fsp3) is 0.300. The van der Waals surface area contributed by atoms with E-state index in [1.807, 2.05) is 38.2 Å². The molecule has 1 unspecified atom stereocenters. The molecule has 2 atom stereocenters. The lowest BCUT2D eigenvalue weighted by Gasteiger charge is -2.21. The van der Waals surface area contributed by atoms with Gasteiger partial charge >= 0.3 is 6.03 Å². The molecule has 0 saturated carbocycles. The number of rotatable bonds is 5. The molecule has 2 aromatic rings. The van der Waals surface area contributed by atoms with Gasteiger partial charge in [-0.05, 0) is 38.1 Å². The molecule has 0 spiro atoms. The number of benzene rings is 2. The van der Waals surface area contributed by atoms with Crippen LogP contribution in [0.1, 0.15) is 18.1 Å². The summed E-state index contributed by atoms with van der Waals surface area (Å²) in [6, 6.07) is 13.0. The molecule has 3 amide bonds. The Morgan fingerprint density at radius 3 is 2.27 bits per heavy atom. The van der Waals surface area contributed by atoms with Crippen LogP contribution in [0.2, 0.25) is 0 Å². The van der Waals surface area contributed by atoms with Crippen LogP contribution in [0.25, 0.3) is 0 Å². The molecule has 5 nitrogen and oxygen atoms in total. The first-order chi connectivity index (χ1) is 12.4. The first-order valence-electron chi connectivity index (χ1n) is 8.64. The van der Waals surface area contributed by atoms with E-state index in [0.717, 1.165) is 21.7 Å². The van der Waals surface area contributed by atoms with Gasteiger partial charge in [0.25, 0.3) is 5.91 Å². The van der Waals surface area contributed by atoms with Gasteiger partial charge in [-0.3, -0.25) is 9.69 Å². The van der Waals surface area contributed by atoms with Gasteiger partial charge in [-0.25, -0.2) is 14.1 Å². The largest absolute Gasteiger partial charge is 0.336 e. The molecule has 1 heterocycles. The summed E-state index contributed by atoms with van der Waals surface area (Å²) in [5, 5.41) is 0. The Labute approximate surface area is 152 Å². The SMILES string of the molecule is Cc1ccc(N2C(=O)N(C[NH+](C)Cc3ccc(F)cc3)C(=O)[C@H]2C)cc1. The van der Waals surface area contributed by atoms with Gasteiger partial charge in [0.05, 0.1) is 7.05 Å². The van der Waals surface area contributed by atoms with Gasteiger partial charge in [0.15, 0.2) is 6.67 Å². The third-order valence-electron chi connectivity index (χ3n) is 4.61. The van der Waals surface area contributed by atoms with E-state index in [-0.39, 0.29) is 24.4 Å². The summed E-state index contributed by atoms with van der Waals surface area (Å²) in [6.45, 7) is 4.58. The van der Waals surface area contributed by atoms with Crippen molar-refractivity contribution in [3.63, 3.8) is 0 Å². The minimum absolute atomic E-state index is 0.200. The number of hydrogen-bond acceptors (Lipinski definition) is 2. The second-order valence-corrected chi connectivity index (χ2v) is 6.85. The van der Waals surface area contributed by atoms with Crippen LogP contribution in [0, 0.1) is 12.7 Å². The molecule has 0 bridgehead atoms. The van der Waals surface area contributed by atoms with Crippen molar-refractivity contribution in [2.24, 2.45) is 0 Å². The molecule has 2 aromatic carbocycles. The van der Waals surface area contributed by atoms with E-state index in [9.17, 15) is 14.0 Å². The quantitative estimate of drug-likeness (QED) is 0.833. The highest BCUT2D eigenvalue weighted by molar-refractivity contribution is 6.13. The van der Waals surface area contributed by atoms with Crippen LogP contribution in [0.5, 0.6) is 0 Å². The fourth-order valence-corrected chi connectivity index (χ4v) is 3.19. The van der Waals surface area contributed by atoms with Gasteiger partial charge < -0.3 is 4.90 Å². The third kappa shape index (κ3) is 3.60. The van der Waals surface area contributed by atoms with Gasteiger partial charge in [-0.2, -0.15) is 0 Å². The monoisotopic (exact) mass is 356 g/mol. The highest BCUT2D eigenvalue weighted by atomic mass is 19.1. The molecule has 1 aliphatic heterocycles. The number of anilines is 1. The Balaban J connectivity index is 1.71. The Morgan fingerprint density at radius 2 is 1.65 bits per heavy atom. The maximum Gasteiger partial charge on any atom is 0.336 e. The second-order valence-electron chi connectivity index (χ2n) is 6.85. The van der Waals surface area contributed by atoms with Crippen LogP contribution in [0.4, 0.5) is 14.9 Å². The van der Waals surface area contributed by atoms with Gasteiger partial charge in [0, 0.05) is 11.3 Å². The van der Waals surface area contributed by atoms with Crippen molar-refractivity contribution >= 4 is 17.6 Å². The molecule has 3 rings (SSSR count). The van der Waals surface area contributed by atoms with Crippen molar-refractivity contribution in [3.8, 4) is 0 Å². The number of carbonyl (C=O) groups excluding carboxylic acids is 2. The molecular weight excluding hydrogens is 333 g/mol. The fourth-order valence-electron chi connectivity index (χ4n) is 3.19. The summed E-state index contributed by atoms with van der Waals surface area (Å²) in [4.78, 5) is 29.2. The van der Waals surface area contributed by atoms with E-state index < -0.39 is 6.04 Å². The van der Waals surface area contributed by atoms with Gasteiger partial charge in [0.1, 0.15) is 18.4 Å². The smallest absolute Gasteiger partial charge is 0.316 e. The lowest BCUT2D eigenvalue weighted by atomic mass is 10.2. The number of aryl methyl sites for hydroxylation is 1. The van der Waals surface area contributed by atoms with E-state index in [0.29, 0.717) is 6.54 Å². The summed E-state index contributed by atoms with van der Waals surface area (Å²) in [5.74, 6) is -0.479. The Bertz CT molecular complexity index is 805. The molecule has 0 aromatic heterocycles. The van der Waals surface area contributed by atoms with Crippen molar-refractivity contribution in [3.05, 3.63) is 65.5 Å². The first kappa shape index (κ1) is 18.1. The number of amides is 3. The number of halogens is 1. The van der Waals surface area contributed by atoms with Crippen molar-refractivity contribution in [1.82, 2.24) is 4.90 Å². The van der Waals surface area contributed by atoms with Crippen molar-refractivity contribution < 1.29 is 18.9 Å². The van der Waals surface area contributed by atoms with E-state index in [1.165, 1.54) is 21.9 Å². The van der Waals surface area contributed by atoms with Gasteiger partial charge in [0.2, 0.25) is 0 Å². The highest BCUT2D eigenvalue weighted by Crippen LogP contribution is 2.25. The van der Waals surface area contributed by atoms with Gasteiger partial charge in [-0.15, -0.1) is 0 Å². The summed E-state index contributed by atoms with van der Waals surface area (Å²) in [6.07, 6.45) is 0. The van der Waals surface area contributed by atoms with Crippen molar-refractivity contribution in [1.29, 1.82) is 0 Å². The van der Waals surface area contributed by atoms with Crippen molar-refractivity contribution in [2.75, 3.05) is 18.6 Å². The number of quaternary nitrogens is 1.